The van der Waals surface area contributed by atoms with Crippen LogP contribution in [-0.4, -0.2) is 33.3 Å². The fourth-order valence-corrected chi connectivity index (χ4v) is 4.87. The zero-order valence-corrected chi connectivity index (χ0v) is 21.8. The van der Waals surface area contributed by atoms with E-state index in [-0.39, 0.29) is 6.54 Å². The first-order valence-corrected chi connectivity index (χ1v) is 13.6. The number of benzene rings is 4. The molecule has 4 rings (SSSR count). The monoisotopic (exact) mass is 515 g/mol. The predicted molar refractivity (Wildman–Crippen MR) is 149 cm³/mol. The summed E-state index contributed by atoms with van der Waals surface area (Å²) in [5.41, 5.74) is 6.48. The van der Waals surface area contributed by atoms with Crippen LogP contribution in [0.5, 0.6) is 5.75 Å². The number of hydrogen-bond donors (Lipinski definition) is 1. The van der Waals surface area contributed by atoms with Crippen molar-refractivity contribution in [1.82, 2.24) is 5.43 Å². The minimum Gasteiger partial charge on any atom is -0.489 e. The molecule has 0 aliphatic heterocycles. The first-order valence-electron chi connectivity index (χ1n) is 11.8. The first-order chi connectivity index (χ1) is 17.7. The molecule has 0 atom stereocenters. The molecular weight excluding hydrogens is 486 g/mol. The first kappa shape index (κ1) is 25.9. The minimum atomic E-state index is -3.66. The van der Waals surface area contributed by atoms with Crippen LogP contribution in [0.25, 0.3) is 10.8 Å². The highest BCUT2D eigenvalue weighted by molar-refractivity contribution is 7.92. The van der Waals surface area contributed by atoms with E-state index in [0.29, 0.717) is 18.0 Å². The molecule has 0 heterocycles. The summed E-state index contributed by atoms with van der Waals surface area (Å²) in [6.45, 7) is 3.81. The molecule has 1 amide bonds. The van der Waals surface area contributed by atoms with Crippen molar-refractivity contribution in [3.05, 3.63) is 107 Å². The molecule has 0 radical (unpaired) electrons. The van der Waals surface area contributed by atoms with E-state index in [1.54, 1.807) is 6.07 Å². The molecule has 0 saturated carbocycles. The van der Waals surface area contributed by atoms with Crippen molar-refractivity contribution in [2.45, 2.75) is 20.5 Å². The third-order valence-electron chi connectivity index (χ3n) is 5.81. The van der Waals surface area contributed by atoms with Gasteiger partial charge in [-0.05, 0) is 77.7 Å². The van der Waals surface area contributed by atoms with E-state index in [4.69, 9.17) is 4.74 Å². The Kier molecular flexibility index (Phi) is 7.89. The van der Waals surface area contributed by atoms with Gasteiger partial charge in [0.2, 0.25) is 10.0 Å². The minimum absolute atomic E-state index is 0.373. The van der Waals surface area contributed by atoms with Crippen molar-refractivity contribution in [3.63, 3.8) is 0 Å². The van der Waals surface area contributed by atoms with Crippen molar-refractivity contribution >= 4 is 38.6 Å². The van der Waals surface area contributed by atoms with Gasteiger partial charge in [0.25, 0.3) is 5.91 Å². The Morgan fingerprint density at radius 2 is 1.68 bits per heavy atom. The standard InChI is InChI=1S/C29H29N3O4S/c1-21-8-15-28(22(2)16-21)32(37(3,34)35)19-29(33)31-30-18-23-10-13-27(14-11-23)36-20-24-9-12-25-6-4-5-7-26(25)17-24/h4-18H,19-20H2,1-3H3,(H,31,33)/b30-18-. The summed E-state index contributed by atoms with van der Waals surface area (Å²) in [6, 6.07) is 27.1. The fourth-order valence-electron chi connectivity index (χ4n) is 3.96. The van der Waals surface area contributed by atoms with E-state index in [0.717, 1.165) is 32.8 Å². The number of carbonyl (C=O) groups is 1. The van der Waals surface area contributed by atoms with Gasteiger partial charge in [0.1, 0.15) is 18.9 Å². The second-order valence-corrected chi connectivity index (χ2v) is 10.8. The van der Waals surface area contributed by atoms with Crippen LogP contribution in [0.1, 0.15) is 22.3 Å². The van der Waals surface area contributed by atoms with Crippen LogP contribution in [0.4, 0.5) is 5.69 Å². The Balaban J connectivity index is 1.32. The van der Waals surface area contributed by atoms with E-state index in [2.05, 4.69) is 40.9 Å². The average Bonchev–Trinajstić information content (AvgIpc) is 2.86. The summed E-state index contributed by atoms with van der Waals surface area (Å²) < 4.78 is 31.6. The van der Waals surface area contributed by atoms with Crippen LogP contribution in [0.3, 0.4) is 0 Å². The molecule has 0 fully saturated rings. The summed E-state index contributed by atoms with van der Waals surface area (Å²) in [6.07, 6.45) is 2.57. The van der Waals surface area contributed by atoms with Gasteiger partial charge in [0.05, 0.1) is 18.2 Å². The van der Waals surface area contributed by atoms with Crippen LogP contribution < -0.4 is 14.5 Å². The van der Waals surface area contributed by atoms with Crippen LogP contribution in [0.2, 0.25) is 0 Å². The largest absolute Gasteiger partial charge is 0.489 e. The Hall–Kier alpha value is -4.17. The highest BCUT2D eigenvalue weighted by Gasteiger charge is 2.22. The van der Waals surface area contributed by atoms with Gasteiger partial charge in [-0.1, -0.05) is 54.1 Å². The number of hydrogen-bond acceptors (Lipinski definition) is 5. The lowest BCUT2D eigenvalue weighted by atomic mass is 10.1. The Labute approximate surface area is 217 Å². The van der Waals surface area contributed by atoms with E-state index >= 15 is 0 Å². The summed E-state index contributed by atoms with van der Waals surface area (Å²) >= 11 is 0. The van der Waals surface area contributed by atoms with Crippen LogP contribution in [0.15, 0.2) is 90.0 Å². The lowest BCUT2D eigenvalue weighted by molar-refractivity contribution is -0.119. The number of rotatable bonds is 9. The highest BCUT2D eigenvalue weighted by Crippen LogP contribution is 2.23. The highest BCUT2D eigenvalue weighted by atomic mass is 32.2. The van der Waals surface area contributed by atoms with Crippen LogP contribution in [0, 0.1) is 13.8 Å². The molecule has 0 aliphatic carbocycles. The summed E-state index contributed by atoms with van der Waals surface area (Å²) in [5, 5.41) is 6.34. The number of hydrazone groups is 1. The molecule has 37 heavy (non-hydrogen) atoms. The maximum Gasteiger partial charge on any atom is 0.260 e. The normalized spacial score (nSPS) is 11.5. The molecule has 0 aromatic heterocycles. The van der Waals surface area contributed by atoms with Gasteiger partial charge in [0.15, 0.2) is 0 Å². The second kappa shape index (κ2) is 11.3. The number of nitrogens with zero attached hydrogens (tertiary/aromatic N) is 2. The third kappa shape index (κ3) is 6.95. The number of amides is 1. The SMILES string of the molecule is Cc1ccc(N(CC(=O)N/N=C\c2ccc(OCc3ccc4ccccc4c3)cc2)S(C)(=O)=O)c(C)c1. The van der Waals surface area contributed by atoms with Gasteiger partial charge in [-0.25, -0.2) is 13.8 Å². The molecule has 190 valence electrons. The predicted octanol–water partition coefficient (Wildman–Crippen LogP) is 4.95. The number of anilines is 1. The zero-order valence-electron chi connectivity index (χ0n) is 21.0. The molecule has 8 heteroatoms. The van der Waals surface area contributed by atoms with Gasteiger partial charge in [-0.2, -0.15) is 5.10 Å². The van der Waals surface area contributed by atoms with Crippen molar-refractivity contribution < 1.29 is 17.9 Å². The fraction of sp³-hybridized carbons (Fsp3) is 0.172. The zero-order chi connectivity index (χ0) is 26.4. The Morgan fingerprint density at radius 1 is 0.946 bits per heavy atom. The number of nitrogens with one attached hydrogen (secondary N) is 1. The van der Waals surface area contributed by atoms with Crippen LogP contribution >= 0.6 is 0 Å². The van der Waals surface area contributed by atoms with E-state index in [9.17, 15) is 13.2 Å². The molecule has 0 bridgehead atoms. The van der Waals surface area contributed by atoms with Crippen molar-refractivity contribution in [2.75, 3.05) is 17.1 Å². The Bertz CT molecular complexity index is 1550. The van der Waals surface area contributed by atoms with Crippen molar-refractivity contribution in [3.8, 4) is 5.75 Å². The molecule has 0 spiro atoms. The topological polar surface area (TPSA) is 88.1 Å². The third-order valence-corrected chi connectivity index (χ3v) is 6.94. The molecule has 0 aliphatic rings. The van der Waals surface area contributed by atoms with Gasteiger partial charge in [-0.3, -0.25) is 9.10 Å². The van der Waals surface area contributed by atoms with Crippen molar-refractivity contribution in [2.24, 2.45) is 5.10 Å². The molecule has 7 nitrogen and oxygen atoms in total. The lowest BCUT2D eigenvalue weighted by Gasteiger charge is -2.23. The quantitative estimate of drug-likeness (QED) is 0.252. The van der Waals surface area contributed by atoms with Gasteiger partial charge in [0, 0.05) is 0 Å². The number of carbonyl (C=O) groups excluding carboxylic acids is 1. The lowest BCUT2D eigenvalue weighted by Crippen LogP contribution is -2.39. The molecule has 4 aromatic rings. The van der Waals surface area contributed by atoms with Gasteiger partial charge < -0.3 is 4.74 Å². The number of ether oxygens (including phenoxy) is 1. The molecule has 1 N–H and O–H groups in total. The smallest absolute Gasteiger partial charge is 0.260 e. The maximum atomic E-state index is 12.4. The van der Waals surface area contributed by atoms with E-state index in [1.165, 1.54) is 17.0 Å². The molecule has 4 aromatic carbocycles. The second-order valence-electron chi connectivity index (χ2n) is 8.89. The van der Waals surface area contributed by atoms with Crippen LogP contribution in [-0.2, 0) is 21.4 Å². The molecule has 0 unspecified atom stereocenters. The van der Waals surface area contributed by atoms with Gasteiger partial charge in [-0.15, -0.1) is 0 Å². The molecular formula is C29H29N3O4S. The van der Waals surface area contributed by atoms with E-state index < -0.39 is 15.9 Å². The summed E-state index contributed by atoms with van der Waals surface area (Å²) in [7, 11) is -3.66. The number of fused-ring (bicyclic) bond motifs is 1. The number of aryl methyl sites for hydroxylation is 2. The summed E-state index contributed by atoms with van der Waals surface area (Å²) in [5.74, 6) is 0.170. The molecule has 0 saturated heterocycles. The average molecular weight is 516 g/mol. The van der Waals surface area contributed by atoms with E-state index in [1.807, 2.05) is 62.4 Å². The maximum absolute atomic E-state index is 12.4. The summed E-state index contributed by atoms with van der Waals surface area (Å²) in [4.78, 5) is 12.4. The van der Waals surface area contributed by atoms with Gasteiger partial charge >= 0.3 is 0 Å². The van der Waals surface area contributed by atoms with Crippen molar-refractivity contribution in [1.29, 1.82) is 0 Å². The Morgan fingerprint density at radius 3 is 2.38 bits per heavy atom. The number of sulfonamides is 1.